The summed E-state index contributed by atoms with van der Waals surface area (Å²) in [5.74, 6) is -0.814. The van der Waals surface area contributed by atoms with E-state index in [4.69, 9.17) is 23.2 Å². The van der Waals surface area contributed by atoms with Crippen molar-refractivity contribution in [2.24, 2.45) is 0 Å². The summed E-state index contributed by atoms with van der Waals surface area (Å²) in [5, 5.41) is 2.95. The normalized spacial score (nSPS) is 17.2. The Balaban J connectivity index is 1.82. The van der Waals surface area contributed by atoms with Crippen LogP contribution in [0.25, 0.3) is 0 Å². The monoisotopic (exact) mass is 388 g/mol. The van der Waals surface area contributed by atoms with E-state index in [1.807, 2.05) is 0 Å². The van der Waals surface area contributed by atoms with E-state index in [1.54, 1.807) is 34.9 Å². The molecule has 1 aliphatic heterocycles. The van der Waals surface area contributed by atoms with E-state index in [9.17, 15) is 13.6 Å². The Morgan fingerprint density at radius 1 is 1.25 bits per heavy atom. The molecule has 1 aliphatic rings. The highest BCUT2D eigenvalue weighted by Crippen LogP contribution is 2.42. The average Bonchev–Trinajstić information content (AvgIpc) is 3.02. The Hall–Kier alpha value is -1.50. The van der Waals surface area contributed by atoms with E-state index in [1.165, 1.54) is 6.07 Å². The average molecular weight is 389 g/mol. The van der Waals surface area contributed by atoms with Crippen molar-refractivity contribution < 1.29 is 13.6 Å². The third-order valence-electron chi connectivity index (χ3n) is 3.57. The maximum atomic E-state index is 13.7. The summed E-state index contributed by atoms with van der Waals surface area (Å²) in [6.45, 7) is 0.479. The lowest BCUT2D eigenvalue weighted by Gasteiger charge is -2.25. The van der Waals surface area contributed by atoms with Crippen LogP contribution in [0.2, 0.25) is 10.0 Å². The molecule has 1 atom stereocenters. The Kier molecular flexibility index (Phi) is 5.18. The van der Waals surface area contributed by atoms with Crippen LogP contribution in [-0.2, 0) is 0 Å². The molecule has 2 aromatic carbocycles. The Labute approximate surface area is 151 Å². The van der Waals surface area contributed by atoms with Crippen LogP contribution in [0.4, 0.5) is 19.3 Å². The molecule has 126 valence electrons. The van der Waals surface area contributed by atoms with Crippen molar-refractivity contribution in [3.8, 4) is 0 Å². The van der Waals surface area contributed by atoms with E-state index in [0.717, 1.165) is 17.7 Å². The summed E-state index contributed by atoms with van der Waals surface area (Å²) in [7, 11) is 0. The molecule has 3 nitrogen and oxygen atoms in total. The first-order valence-electron chi connectivity index (χ1n) is 7.05. The van der Waals surface area contributed by atoms with Gasteiger partial charge in [0.25, 0.3) is 0 Å². The van der Waals surface area contributed by atoms with E-state index >= 15 is 0 Å². The van der Waals surface area contributed by atoms with Crippen molar-refractivity contribution in [2.75, 3.05) is 17.6 Å². The van der Waals surface area contributed by atoms with Crippen LogP contribution in [0.15, 0.2) is 36.4 Å². The first kappa shape index (κ1) is 17.3. The van der Waals surface area contributed by atoms with Gasteiger partial charge in [-0.2, -0.15) is 0 Å². The highest BCUT2D eigenvalue weighted by molar-refractivity contribution is 7.99. The Bertz CT molecular complexity index is 791. The Morgan fingerprint density at radius 3 is 2.79 bits per heavy atom. The van der Waals surface area contributed by atoms with Crippen LogP contribution in [0.1, 0.15) is 10.9 Å². The second-order valence-corrected chi connectivity index (χ2v) is 7.09. The maximum absolute atomic E-state index is 13.7. The molecule has 0 aromatic heterocycles. The van der Waals surface area contributed by atoms with Crippen molar-refractivity contribution in [1.82, 2.24) is 4.90 Å². The summed E-state index contributed by atoms with van der Waals surface area (Å²) in [5.41, 5.74) is 0.649. The number of nitrogens with zero attached hydrogens (tertiary/aromatic N) is 1. The summed E-state index contributed by atoms with van der Waals surface area (Å²) < 4.78 is 26.7. The van der Waals surface area contributed by atoms with Crippen LogP contribution < -0.4 is 5.32 Å². The van der Waals surface area contributed by atoms with E-state index < -0.39 is 17.7 Å². The van der Waals surface area contributed by atoms with Crippen LogP contribution in [0.3, 0.4) is 0 Å². The number of hydrogen-bond acceptors (Lipinski definition) is 2. The van der Waals surface area contributed by atoms with Crippen LogP contribution in [0.5, 0.6) is 0 Å². The molecular weight excluding hydrogens is 377 g/mol. The standard InChI is InChI=1S/C16H12Cl2F2N2OS/c17-11-3-1-2-10(14(11)18)15-22(6-7-24-15)16(23)21-13-5-4-9(19)8-12(13)20/h1-5,8,15H,6-7H2,(H,21,23)/t15-/m1/s1. The number of nitrogens with one attached hydrogen (secondary N) is 1. The quantitative estimate of drug-likeness (QED) is 0.730. The fourth-order valence-corrected chi connectivity index (χ4v) is 4.18. The predicted molar refractivity (Wildman–Crippen MR) is 93.7 cm³/mol. The van der Waals surface area contributed by atoms with Gasteiger partial charge in [0.05, 0.1) is 15.7 Å². The number of benzene rings is 2. The van der Waals surface area contributed by atoms with Gasteiger partial charge in [-0.3, -0.25) is 0 Å². The van der Waals surface area contributed by atoms with E-state index in [-0.39, 0.29) is 11.1 Å². The third kappa shape index (κ3) is 3.45. The van der Waals surface area contributed by atoms with Crippen molar-refractivity contribution in [3.05, 3.63) is 63.6 Å². The lowest BCUT2D eigenvalue weighted by Crippen LogP contribution is -2.34. The number of amides is 2. The summed E-state index contributed by atoms with van der Waals surface area (Å²) >= 11 is 13.8. The molecule has 0 saturated carbocycles. The van der Waals surface area contributed by atoms with Crippen LogP contribution in [0, 0.1) is 11.6 Å². The minimum atomic E-state index is -0.826. The Morgan fingerprint density at radius 2 is 2.04 bits per heavy atom. The van der Waals surface area contributed by atoms with E-state index in [0.29, 0.717) is 22.3 Å². The largest absolute Gasteiger partial charge is 0.323 e. The molecule has 0 radical (unpaired) electrons. The number of halogens is 4. The van der Waals surface area contributed by atoms with Crippen molar-refractivity contribution in [1.29, 1.82) is 0 Å². The van der Waals surface area contributed by atoms with Gasteiger partial charge in [-0.05, 0) is 18.2 Å². The molecule has 0 spiro atoms. The smallest absolute Gasteiger partial charge is 0.308 e. The third-order valence-corrected chi connectivity index (χ3v) is 5.65. The fraction of sp³-hybridized carbons (Fsp3) is 0.188. The minimum absolute atomic E-state index is 0.0748. The van der Waals surface area contributed by atoms with Gasteiger partial charge in [0, 0.05) is 23.9 Å². The van der Waals surface area contributed by atoms with Crippen LogP contribution >= 0.6 is 35.0 Å². The number of rotatable bonds is 2. The zero-order valence-electron chi connectivity index (χ0n) is 12.2. The van der Waals surface area contributed by atoms with Crippen LogP contribution in [-0.4, -0.2) is 23.2 Å². The van der Waals surface area contributed by atoms with Crippen molar-refractivity contribution >= 4 is 46.7 Å². The van der Waals surface area contributed by atoms with Gasteiger partial charge in [0.15, 0.2) is 0 Å². The van der Waals surface area contributed by atoms with Gasteiger partial charge < -0.3 is 10.2 Å². The molecule has 1 fully saturated rings. The lowest BCUT2D eigenvalue weighted by atomic mass is 10.2. The molecule has 0 bridgehead atoms. The number of urea groups is 1. The zero-order valence-corrected chi connectivity index (χ0v) is 14.6. The zero-order chi connectivity index (χ0) is 17.3. The van der Waals surface area contributed by atoms with Crippen molar-refractivity contribution in [3.63, 3.8) is 0 Å². The number of thioether (sulfide) groups is 1. The SMILES string of the molecule is O=C(Nc1ccc(F)cc1F)N1CCS[C@@H]1c1cccc(Cl)c1Cl. The summed E-state index contributed by atoms with van der Waals surface area (Å²) in [6, 6.07) is 7.75. The molecule has 2 aromatic rings. The van der Waals surface area contributed by atoms with E-state index in [2.05, 4.69) is 5.32 Å². The molecule has 0 aliphatic carbocycles. The summed E-state index contributed by atoms with van der Waals surface area (Å²) in [4.78, 5) is 14.0. The molecule has 1 saturated heterocycles. The first-order valence-corrected chi connectivity index (χ1v) is 8.86. The maximum Gasteiger partial charge on any atom is 0.323 e. The lowest BCUT2D eigenvalue weighted by molar-refractivity contribution is 0.214. The topological polar surface area (TPSA) is 32.3 Å². The van der Waals surface area contributed by atoms with Gasteiger partial charge in [0.2, 0.25) is 0 Å². The molecular formula is C16H12Cl2F2N2OS. The number of carbonyl (C=O) groups excluding carboxylic acids is 1. The van der Waals surface area contributed by atoms with Gasteiger partial charge in [-0.25, -0.2) is 13.6 Å². The number of carbonyl (C=O) groups is 1. The first-order chi connectivity index (χ1) is 11.5. The van der Waals surface area contributed by atoms with Gasteiger partial charge in [-0.15, -0.1) is 11.8 Å². The highest BCUT2D eigenvalue weighted by atomic mass is 35.5. The van der Waals surface area contributed by atoms with Crippen molar-refractivity contribution in [2.45, 2.75) is 5.37 Å². The molecule has 2 amide bonds. The minimum Gasteiger partial charge on any atom is -0.308 e. The van der Waals surface area contributed by atoms with Gasteiger partial charge >= 0.3 is 6.03 Å². The second kappa shape index (κ2) is 7.17. The highest BCUT2D eigenvalue weighted by Gasteiger charge is 2.32. The molecule has 1 heterocycles. The predicted octanol–water partition coefficient (Wildman–Crippen LogP) is 5.55. The molecule has 3 rings (SSSR count). The fourth-order valence-electron chi connectivity index (χ4n) is 2.42. The molecule has 8 heteroatoms. The summed E-state index contributed by atoms with van der Waals surface area (Å²) in [6.07, 6.45) is 0. The number of anilines is 1. The molecule has 1 N–H and O–H groups in total. The molecule has 0 unspecified atom stereocenters. The van der Waals surface area contributed by atoms with Gasteiger partial charge in [0.1, 0.15) is 17.0 Å². The van der Waals surface area contributed by atoms with Gasteiger partial charge in [-0.1, -0.05) is 35.3 Å². The second-order valence-electron chi connectivity index (χ2n) is 5.11. The molecule has 24 heavy (non-hydrogen) atoms. The number of hydrogen-bond donors (Lipinski definition) is 1.